The van der Waals surface area contributed by atoms with E-state index in [0.717, 1.165) is 32.2 Å². The van der Waals surface area contributed by atoms with Crippen molar-refractivity contribution >= 4 is 5.91 Å². The van der Waals surface area contributed by atoms with Gasteiger partial charge in [-0.1, -0.05) is 6.42 Å². The van der Waals surface area contributed by atoms with E-state index >= 15 is 0 Å². The molecule has 1 aliphatic heterocycles. The second-order valence-electron chi connectivity index (χ2n) is 7.19. The number of hydrogen-bond acceptors (Lipinski definition) is 4. The van der Waals surface area contributed by atoms with E-state index in [2.05, 4.69) is 9.97 Å². The third-order valence-electron chi connectivity index (χ3n) is 5.57. The topological polar surface area (TPSA) is 55.3 Å². The summed E-state index contributed by atoms with van der Waals surface area (Å²) < 4.78 is 6.02. The van der Waals surface area contributed by atoms with Crippen LogP contribution < -0.4 is 0 Å². The molecule has 3 aliphatic rings. The summed E-state index contributed by atoms with van der Waals surface area (Å²) in [5.41, 5.74) is 0.696. The fraction of sp³-hybridized carbons (Fsp3) is 0.706. The summed E-state index contributed by atoms with van der Waals surface area (Å²) in [6.45, 7) is 3.41. The molecule has 0 N–H and O–H groups in total. The van der Waals surface area contributed by atoms with Gasteiger partial charge in [0.05, 0.1) is 6.61 Å². The Balaban J connectivity index is 1.43. The second-order valence-corrected chi connectivity index (χ2v) is 7.19. The lowest BCUT2D eigenvalue weighted by Gasteiger charge is -2.28. The van der Waals surface area contributed by atoms with Crippen molar-refractivity contribution in [3.05, 3.63) is 24.3 Å². The molecule has 5 nitrogen and oxygen atoms in total. The predicted molar refractivity (Wildman–Crippen MR) is 81.3 cm³/mol. The zero-order valence-corrected chi connectivity index (χ0v) is 12.9. The van der Waals surface area contributed by atoms with Crippen LogP contribution in [0.1, 0.15) is 42.6 Å². The van der Waals surface area contributed by atoms with Crippen LogP contribution in [-0.2, 0) is 4.74 Å². The Morgan fingerprint density at radius 1 is 1.41 bits per heavy atom. The maximum Gasteiger partial charge on any atom is 0.272 e. The molecule has 0 bridgehead atoms. The maximum absolute atomic E-state index is 12.6. The van der Waals surface area contributed by atoms with Gasteiger partial charge < -0.3 is 9.64 Å². The molecule has 2 aliphatic carbocycles. The van der Waals surface area contributed by atoms with Crippen molar-refractivity contribution in [3.63, 3.8) is 0 Å². The zero-order chi connectivity index (χ0) is 15.0. The van der Waals surface area contributed by atoms with E-state index in [-0.39, 0.29) is 11.3 Å². The molecule has 2 heterocycles. The third-order valence-corrected chi connectivity index (χ3v) is 5.57. The van der Waals surface area contributed by atoms with Crippen LogP contribution in [0.4, 0.5) is 0 Å². The van der Waals surface area contributed by atoms with Crippen LogP contribution in [0.5, 0.6) is 0 Å². The molecule has 2 atom stereocenters. The summed E-state index contributed by atoms with van der Waals surface area (Å²) in [6, 6.07) is 1.70. The molecule has 2 saturated carbocycles. The molecule has 0 unspecified atom stereocenters. The molecule has 0 radical (unpaired) electrons. The first-order valence-electron chi connectivity index (χ1n) is 8.40. The first-order valence-corrected chi connectivity index (χ1v) is 8.40. The summed E-state index contributed by atoms with van der Waals surface area (Å²) in [5, 5.41) is 0. The van der Waals surface area contributed by atoms with Gasteiger partial charge in [0.15, 0.2) is 0 Å². The second kappa shape index (κ2) is 5.61. The minimum Gasteiger partial charge on any atom is -0.381 e. The monoisotopic (exact) mass is 301 g/mol. The summed E-state index contributed by atoms with van der Waals surface area (Å²) in [7, 11) is 0. The van der Waals surface area contributed by atoms with E-state index in [1.165, 1.54) is 38.4 Å². The van der Waals surface area contributed by atoms with Gasteiger partial charge in [-0.15, -0.1) is 0 Å². The number of carbonyl (C=O) groups is 1. The zero-order valence-electron chi connectivity index (χ0n) is 12.9. The molecule has 1 amide bonds. The third kappa shape index (κ3) is 2.62. The molecule has 1 aromatic rings. The Bertz CT molecular complexity index is 546. The standard InChI is InChI=1S/C17H23N3O2/c21-16(15-5-7-18-12-19-15)20-8-14-2-1-6-17(14,10-20)11-22-9-13-3-4-13/h5,7,12-14H,1-4,6,8-11H2/t14-,17+/m1/s1. The smallest absolute Gasteiger partial charge is 0.272 e. The van der Waals surface area contributed by atoms with Gasteiger partial charge in [0, 0.05) is 31.3 Å². The molecule has 5 heteroatoms. The molecular weight excluding hydrogens is 278 g/mol. The lowest BCUT2D eigenvalue weighted by Crippen LogP contribution is -2.35. The Morgan fingerprint density at radius 2 is 2.32 bits per heavy atom. The number of hydrogen-bond donors (Lipinski definition) is 0. The molecule has 4 rings (SSSR count). The number of rotatable bonds is 5. The van der Waals surface area contributed by atoms with Crippen LogP contribution in [0.2, 0.25) is 0 Å². The van der Waals surface area contributed by atoms with Gasteiger partial charge in [-0.2, -0.15) is 0 Å². The highest BCUT2D eigenvalue weighted by molar-refractivity contribution is 5.92. The van der Waals surface area contributed by atoms with E-state index in [1.807, 2.05) is 4.90 Å². The molecule has 1 saturated heterocycles. The number of fused-ring (bicyclic) bond motifs is 1. The van der Waals surface area contributed by atoms with Crippen molar-refractivity contribution in [2.24, 2.45) is 17.3 Å². The van der Waals surface area contributed by atoms with E-state index in [1.54, 1.807) is 12.3 Å². The van der Waals surface area contributed by atoms with Gasteiger partial charge in [-0.05, 0) is 43.6 Å². The maximum atomic E-state index is 12.6. The highest BCUT2D eigenvalue weighted by Gasteiger charge is 2.51. The molecule has 3 fully saturated rings. The minimum atomic E-state index is 0.0402. The van der Waals surface area contributed by atoms with Gasteiger partial charge in [-0.25, -0.2) is 9.97 Å². The van der Waals surface area contributed by atoms with Gasteiger partial charge in [0.25, 0.3) is 5.91 Å². The predicted octanol–water partition coefficient (Wildman–Crippen LogP) is 2.15. The lowest BCUT2D eigenvalue weighted by molar-refractivity contribution is 0.0306. The number of ether oxygens (including phenoxy) is 1. The Kier molecular flexibility index (Phi) is 3.60. The van der Waals surface area contributed by atoms with Gasteiger partial charge in [0.1, 0.15) is 12.0 Å². The fourth-order valence-corrected chi connectivity index (χ4v) is 4.10. The normalized spacial score (nSPS) is 30.5. The van der Waals surface area contributed by atoms with E-state index in [9.17, 15) is 4.79 Å². The largest absolute Gasteiger partial charge is 0.381 e. The number of likely N-dealkylation sites (tertiary alicyclic amines) is 1. The molecule has 1 aromatic heterocycles. The van der Waals surface area contributed by atoms with Crippen molar-refractivity contribution in [1.29, 1.82) is 0 Å². The van der Waals surface area contributed by atoms with Gasteiger partial charge in [0.2, 0.25) is 0 Å². The highest BCUT2D eigenvalue weighted by Crippen LogP contribution is 2.49. The van der Waals surface area contributed by atoms with Gasteiger partial charge in [-0.3, -0.25) is 4.79 Å². The van der Waals surface area contributed by atoms with Crippen molar-refractivity contribution < 1.29 is 9.53 Å². The van der Waals surface area contributed by atoms with E-state index in [0.29, 0.717) is 11.6 Å². The number of amides is 1. The highest BCUT2D eigenvalue weighted by atomic mass is 16.5. The molecule has 118 valence electrons. The average molecular weight is 301 g/mol. The summed E-state index contributed by atoms with van der Waals surface area (Å²) in [4.78, 5) is 22.6. The van der Waals surface area contributed by atoms with Gasteiger partial charge >= 0.3 is 0 Å². The first-order chi connectivity index (χ1) is 10.8. The van der Waals surface area contributed by atoms with Crippen molar-refractivity contribution in [1.82, 2.24) is 14.9 Å². The van der Waals surface area contributed by atoms with Crippen molar-refractivity contribution in [2.45, 2.75) is 32.1 Å². The van der Waals surface area contributed by atoms with Crippen LogP contribution in [0.25, 0.3) is 0 Å². The van der Waals surface area contributed by atoms with Crippen LogP contribution in [-0.4, -0.2) is 47.1 Å². The molecule has 22 heavy (non-hydrogen) atoms. The molecular formula is C17H23N3O2. The summed E-state index contributed by atoms with van der Waals surface area (Å²) in [6.07, 6.45) is 9.41. The Morgan fingerprint density at radius 3 is 3.09 bits per heavy atom. The number of aromatic nitrogens is 2. The minimum absolute atomic E-state index is 0.0402. The van der Waals surface area contributed by atoms with Crippen LogP contribution in [0, 0.1) is 17.3 Å². The van der Waals surface area contributed by atoms with Crippen molar-refractivity contribution in [2.75, 3.05) is 26.3 Å². The molecule has 0 spiro atoms. The van der Waals surface area contributed by atoms with Crippen LogP contribution >= 0.6 is 0 Å². The Labute approximate surface area is 131 Å². The Hall–Kier alpha value is -1.49. The van der Waals surface area contributed by atoms with Crippen molar-refractivity contribution in [3.8, 4) is 0 Å². The van der Waals surface area contributed by atoms with E-state index in [4.69, 9.17) is 4.74 Å². The van der Waals surface area contributed by atoms with Crippen LogP contribution in [0.15, 0.2) is 18.6 Å². The first kappa shape index (κ1) is 14.1. The lowest BCUT2D eigenvalue weighted by atomic mass is 9.81. The average Bonchev–Trinajstić information content (AvgIpc) is 3.17. The summed E-state index contributed by atoms with van der Waals surface area (Å²) in [5.74, 6) is 1.44. The van der Waals surface area contributed by atoms with Crippen LogP contribution in [0.3, 0.4) is 0 Å². The number of nitrogens with zero attached hydrogens (tertiary/aromatic N) is 3. The quantitative estimate of drug-likeness (QED) is 0.836. The van der Waals surface area contributed by atoms with E-state index < -0.39 is 0 Å². The molecule has 0 aromatic carbocycles. The number of carbonyl (C=O) groups excluding carboxylic acids is 1. The fourth-order valence-electron chi connectivity index (χ4n) is 4.10. The summed E-state index contributed by atoms with van der Waals surface area (Å²) >= 11 is 0. The SMILES string of the molecule is O=C(c1ccncn1)N1C[C@H]2CCC[C@@]2(COCC2CC2)C1.